The maximum atomic E-state index is 13.2. The van der Waals surface area contributed by atoms with Gasteiger partial charge < -0.3 is 5.32 Å². The number of hydrogen-bond acceptors (Lipinski definition) is 2. The summed E-state index contributed by atoms with van der Waals surface area (Å²) in [4.78, 5) is 13.1. The highest BCUT2D eigenvalue weighted by molar-refractivity contribution is 7.09. The summed E-state index contributed by atoms with van der Waals surface area (Å²) in [6.07, 6.45) is 1.21. The van der Waals surface area contributed by atoms with Gasteiger partial charge in [-0.3, -0.25) is 4.79 Å². The normalized spacial score (nSPS) is 12.1. The van der Waals surface area contributed by atoms with Gasteiger partial charge in [0.2, 0.25) is 5.91 Å². The number of carbonyl (C=O) groups excluding carboxylic acids is 1. The third-order valence-electron chi connectivity index (χ3n) is 3.28. The topological polar surface area (TPSA) is 29.1 Å². The third-order valence-corrected chi connectivity index (χ3v) is 4.16. The van der Waals surface area contributed by atoms with Gasteiger partial charge in [0.05, 0.1) is 6.54 Å². The zero-order valence-electron chi connectivity index (χ0n) is 11.4. The van der Waals surface area contributed by atoms with Gasteiger partial charge in [-0.15, -0.1) is 11.3 Å². The molecular weight excluding hydrogens is 273 g/mol. The lowest BCUT2D eigenvalue weighted by molar-refractivity contribution is -0.121. The predicted octanol–water partition coefficient (Wildman–Crippen LogP) is 4.09. The Balaban J connectivity index is 1.91. The van der Waals surface area contributed by atoms with Crippen LogP contribution in [0.4, 0.5) is 4.39 Å². The van der Waals surface area contributed by atoms with Gasteiger partial charge in [-0.05, 0) is 41.5 Å². The second-order valence-electron chi connectivity index (χ2n) is 4.72. The van der Waals surface area contributed by atoms with Gasteiger partial charge in [-0.25, -0.2) is 4.39 Å². The van der Waals surface area contributed by atoms with Crippen molar-refractivity contribution in [3.05, 3.63) is 58.0 Å². The number of rotatable bonds is 6. The summed E-state index contributed by atoms with van der Waals surface area (Å²) in [5.41, 5.74) is 0.888. The van der Waals surface area contributed by atoms with Crippen LogP contribution in [0.3, 0.4) is 0 Å². The predicted molar refractivity (Wildman–Crippen MR) is 80.2 cm³/mol. The molecule has 2 nitrogen and oxygen atoms in total. The van der Waals surface area contributed by atoms with Crippen LogP contribution in [0.2, 0.25) is 0 Å². The van der Waals surface area contributed by atoms with Crippen molar-refractivity contribution >= 4 is 17.2 Å². The van der Waals surface area contributed by atoms with E-state index in [0.29, 0.717) is 13.0 Å². The van der Waals surface area contributed by atoms with Crippen LogP contribution in [0.5, 0.6) is 0 Å². The quantitative estimate of drug-likeness (QED) is 0.853. The number of benzene rings is 1. The van der Waals surface area contributed by atoms with E-state index in [2.05, 4.69) is 5.32 Å². The smallest absolute Gasteiger partial charge is 0.220 e. The van der Waals surface area contributed by atoms with Crippen LogP contribution in [0.25, 0.3) is 0 Å². The standard InChI is InChI=1S/C16H18FNOS/c1-2-12(13-5-3-6-14(17)9-13)10-16(19)18-11-15-7-4-8-20-15/h3-9,12H,2,10-11H2,1H3,(H,18,19). The molecule has 1 N–H and O–H groups in total. The van der Waals surface area contributed by atoms with Crippen LogP contribution in [0, 0.1) is 5.82 Å². The molecule has 0 saturated carbocycles. The molecule has 0 spiro atoms. The number of hydrogen-bond donors (Lipinski definition) is 1. The van der Waals surface area contributed by atoms with E-state index in [1.807, 2.05) is 30.5 Å². The Bertz CT molecular complexity index is 553. The van der Waals surface area contributed by atoms with Crippen molar-refractivity contribution < 1.29 is 9.18 Å². The fraction of sp³-hybridized carbons (Fsp3) is 0.312. The number of nitrogens with one attached hydrogen (secondary N) is 1. The van der Waals surface area contributed by atoms with E-state index < -0.39 is 0 Å². The van der Waals surface area contributed by atoms with Crippen LogP contribution >= 0.6 is 11.3 Å². The highest BCUT2D eigenvalue weighted by Crippen LogP contribution is 2.23. The van der Waals surface area contributed by atoms with E-state index in [1.165, 1.54) is 12.1 Å². The minimum atomic E-state index is -0.250. The lowest BCUT2D eigenvalue weighted by Gasteiger charge is -2.15. The Morgan fingerprint density at radius 1 is 1.35 bits per heavy atom. The van der Waals surface area contributed by atoms with E-state index in [4.69, 9.17) is 0 Å². The molecule has 1 heterocycles. The monoisotopic (exact) mass is 291 g/mol. The van der Waals surface area contributed by atoms with Gasteiger partial charge in [0, 0.05) is 11.3 Å². The van der Waals surface area contributed by atoms with Gasteiger partial charge in [0.25, 0.3) is 0 Å². The first-order valence-electron chi connectivity index (χ1n) is 6.73. The van der Waals surface area contributed by atoms with Crippen LogP contribution in [-0.4, -0.2) is 5.91 Å². The van der Waals surface area contributed by atoms with Gasteiger partial charge in [0.15, 0.2) is 0 Å². The van der Waals surface area contributed by atoms with E-state index in [1.54, 1.807) is 17.4 Å². The van der Waals surface area contributed by atoms with Crippen LogP contribution in [0.1, 0.15) is 36.1 Å². The molecule has 1 aromatic carbocycles. The largest absolute Gasteiger partial charge is 0.351 e. The summed E-state index contributed by atoms with van der Waals surface area (Å²) in [5, 5.41) is 4.90. The molecule has 0 bridgehead atoms. The number of halogens is 1. The zero-order chi connectivity index (χ0) is 14.4. The molecule has 20 heavy (non-hydrogen) atoms. The molecule has 4 heteroatoms. The van der Waals surface area contributed by atoms with Crippen molar-refractivity contribution in [2.45, 2.75) is 32.2 Å². The Kier molecular flexibility index (Phi) is 5.30. The Morgan fingerprint density at radius 3 is 2.85 bits per heavy atom. The van der Waals surface area contributed by atoms with Crippen LogP contribution in [0.15, 0.2) is 41.8 Å². The van der Waals surface area contributed by atoms with Crippen LogP contribution in [-0.2, 0) is 11.3 Å². The fourth-order valence-corrected chi connectivity index (χ4v) is 2.80. The maximum Gasteiger partial charge on any atom is 0.220 e. The number of thiophene rings is 1. The fourth-order valence-electron chi connectivity index (χ4n) is 2.15. The lowest BCUT2D eigenvalue weighted by atomic mass is 9.93. The molecule has 0 saturated heterocycles. The van der Waals surface area contributed by atoms with Gasteiger partial charge in [-0.1, -0.05) is 25.1 Å². The summed E-state index contributed by atoms with van der Waals surface area (Å²) >= 11 is 1.62. The van der Waals surface area contributed by atoms with Crippen molar-refractivity contribution in [3.8, 4) is 0 Å². The minimum absolute atomic E-state index is 0.00881. The summed E-state index contributed by atoms with van der Waals surface area (Å²) in [6.45, 7) is 2.58. The highest BCUT2D eigenvalue weighted by Gasteiger charge is 2.14. The Labute approximate surface area is 122 Å². The minimum Gasteiger partial charge on any atom is -0.351 e. The molecule has 2 rings (SSSR count). The molecule has 0 aliphatic rings. The van der Waals surface area contributed by atoms with Gasteiger partial charge >= 0.3 is 0 Å². The molecule has 0 aliphatic carbocycles. The molecule has 1 aromatic heterocycles. The molecule has 0 aliphatic heterocycles. The number of amides is 1. The molecule has 0 fully saturated rings. The van der Waals surface area contributed by atoms with Crippen molar-refractivity contribution in [1.29, 1.82) is 0 Å². The summed E-state index contributed by atoms with van der Waals surface area (Å²) in [7, 11) is 0. The van der Waals surface area contributed by atoms with E-state index in [0.717, 1.165) is 16.9 Å². The molecule has 2 aromatic rings. The average Bonchev–Trinajstić information content (AvgIpc) is 2.96. The number of carbonyl (C=O) groups is 1. The van der Waals surface area contributed by atoms with Crippen molar-refractivity contribution in [2.24, 2.45) is 0 Å². The first kappa shape index (κ1) is 14.7. The lowest BCUT2D eigenvalue weighted by Crippen LogP contribution is -2.24. The summed E-state index contributed by atoms with van der Waals surface area (Å²) < 4.78 is 13.2. The van der Waals surface area contributed by atoms with E-state index in [9.17, 15) is 9.18 Å². The van der Waals surface area contributed by atoms with Gasteiger partial charge in [0.1, 0.15) is 5.82 Å². The van der Waals surface area contributed by atoms with Crippen molar-refractivity contribution in [1.82, 2.24) is 5.32 Å². The first-order valence-corrected chi connectivity index (χ1v) is 7.61. The molecule has 106 valence electrons. The summed E-state index contributed by atoms with van der Waals surface area (Å²) in [6, 6.07) is 10.5. The maximum absolute atomic E-state index is 13.2. The Morgan fingerprint density at radius 2 is 2.20 bits per heavy atom. The van der Waals surface area contributed by atoms with Crippen molar-refractivity contribution in [2.75, 3.05) is 0 Å². The van der Waals surface area contributed by atoms with E-state index >= 15 is 0 Å². The second-order valence-corrected chi connectivity index (χ2v) is 5.75. The van der Waals surface area contributed by atoms with Gasteiger partial charge in [-0.2, -0.15) is 0 Å². The van der Waals surface area contributed by atoms with E-state index in [-0.39, 0.29) is 17.6 Å². The molecule has 0 radical (unpaired) electrons. The summed E-state index contributed by atoms with van der Waals surface area (Å²) in [5.74, 6) is -0.177. The van der Waals surface area contributed by atoms with Crippen LogP contribution < -0.4 is 5.32 Å². The molecule has 1 unspecified atom stereocenters. The molecule has 1 atom stereocenters. The average molecular weight is 291 g/mol. The highest BCUT2D eigenvalue weighted by atomic mass is 32.1. The molecule has 1 amide bonds. The SMILES string of the molecule is CCC(CC(=O)NCc1cccs1)c1cccc(F)c1. The zero-order valence-corrected chi connectivity index (χ0v) is 12.3. The second kappa shape index (κ2) is 7.20. The molecular formula is C16H18FNOS. The third kappa shape index (κ3) is 4.17. The van der Waals surface area contributed by atoms with Crippen molar-refractivity contribution in [3.63, 3.8) is 0 Å². The Hall–Kier alpha value is -1.68. The first-order chi connectivity index (χ1) is 9.69.